The highest BCUT2D eigenvalue weighted by Gasteiger charge is 2.25. The second kappa shape index (κ2) is 6.03. The van der Waals surface area contributed by atoms with Crippen molar-refractivity contribution < 1.29 is 4.79 Å². The third kappa shape index (κ3) is 3.09. The lowest BCUT2D eigenvalue weighted by molar-refractivity contribution is -0.129. The molecule has 0 radical (unpaired) electrons. The van der Waals surface area contributed by atoms with Crippen molar-refractivity contribution in [1.29, 1.82) is 0 Å². The molecule has 6 heteroatoms. The number of hydrogen-bond donors (Lipinski definition) is 1. The average Bonchev–Trinajstić information content (AvgIpc) is 3.18. The van der Waals surface area contributed by atoms with Crippen LogP contribution in [0.3, 0.4) is 0 Å². The van der Waals surface area contributed by atoms with Crippen LogP contribution in [-0.2, 0) is 11.2 Å². The number of nitrogens with one attached hydrogen (secondary N) is 1. The van der Waals surface area contributed by atoms with Crippen LogP contribution in [-0.4, -0.2) is 43.8 Å². The Labute approximate surface area is 123 Å². The Morgan fingerprint density at radius 2 is 2.29 bits per heavy atom. The summed E-state index contributed by atoms with van der Waals surface area (Å²) in [6, 6.07) is 0. The van der Waals surface area contributed by atoms with Gasteiger partial charge in [0, 0.05) is 38.1 Å². The number of imidazole rings is 1. The largest absolute Gasteiger partial charge is 0.343 e. The number of aromatic amines is 1. The van der Waals surface area contributed by atoms with Gasteiger partial charge in [-0.05, 0) is 18.8 Å². The fourth-order valence-electron chi connectivity index (χ4n) is 2.73. The van der Waals surface area contributed by atoms with Gasteiger partial charge in [-0.1, -0.05) is 6.92 Å². The summed E-state index contributed by atoms with van der Waals surface area (Å²) in [7, 11) is 0. The molecule has 0 aromatic carbocycles. The summed E-state index contributed by atoms with van der Waals surface area (Å²) in [6.45, 7) is 3.62. The van der Waals surface area contributed by atoms with E-state index in [1.807, 2.05) is 18.0 Å². The van der Waals surface area contributed by atoms with Crippen molar-refractivity contribution in [3.63, 3.8) is 0 Å². The van der Waals surface area contributed by atoms with Gasteiger partial charge in [-0.25, -0.2) is 9.97 Å². The van der Waals surface area contributed by atoms with E-state index in [0.29, 0.717) is 12.3 Å². The van der Waals surface area contributed by atoms with Crippen molar-refractivity contribution in [2.75, 3.05) is 13.1 Å². The molecule has 21 heavy (non-hydrogen) atoms. The molecule has 1 aliphatic rings. The Balaban J connectivity index is 1.60. The lowest BCUT2D eigenvalue weighted by Gasteiger charge is -2.15. The van der Waals surface area contributed by atoms with E-state index in [-0.39, 0.29) is 5.91 Å². The highest BCUT2D eigenvalue weighted by atomic mass is 16.2. The molecule has 2 aromatic rings. The van der Waals surface area contributed by atoms with Crippen LogP contribution in [0.2, 0.25) is 0 Å². The molecule has 3 rings (SSSR count). The van der Waals surface area contributed by atoms with E-state index in [0.717, 1.165) is 43.1 Å². The van der Waals surface area contributed by atoms with Crippen molar-refractivity contribution in [1.82, 2.24) is 24.8 Å². The van der Waals surface area contributed by atoms with E-state index in [4.69, 9.17) is 0 Å². The zero-order chi connectivity index (χ0) is 14.7. The van der Waals surface area contributed by atoms with Crippen LogP contribution in [0.25, 0.3) is 11.5 Å². The molecule has 2 aromatic heterocycles. The fourth-order valence-corrected chi connectivity index (χ4v) is 2.73. The SMILES string of the molecule is CCC(=O)N1CC[C@H](Cc2cnc(-c3ncc[nH]3)cn2)C1. The Morgan fingerprint density at radius 1 is 1.38 bits per heavy atom. The van der Waals surface area contributed by atoms with Gasteiger partial charge in [-0.2, -0.15) is 0 Å². The average molecular weight is 285 g/mol. The van der Waals surface area contributed by atoms with E-state index < -0.39 is 0 Å². The van der Waals surface area contributed by atoms with Crippen molar-refractivity contribution in [2.24, 2.45) is 5.92 Å². The zero-order valence-corrected chi connectivity index (χ0v) is 12.1. The molecule has 3 heterocycles. The summed E-state index contributed by atoms with van der Waals surface area (Å²) in [5, 5.41) is 0. The summed E-state index contributed by atoms with van der Waals surface area (Å²) in [6.07, 6.45) is 9.53. The highest BCUT2D eigenvalue weighted by Crippen LogP contribution is 2.21. The van der Waals surface area contributed by atoms with Gasteiger partial charge in [-0.3, -0.25) is 9.78 Å². The van der Waals surface area contributed by atoms with Gasteiger partial charge in [0.2, 0.25) is 5.91 Å². The number of H-pyrrole nitrogens is 1. The second-order valence-corrected chi connectivity index (χ2v) is 5.38. The second-order valence-electron chi connectivity index (χ2n) is 5.38. The first-order valence-corrected chi connectivity index (χ1v) is 7.34. The van der Waals surface area contributed by atoms with Crippen LogP contribution in [0.15, 0.2) is 24.8 Å². The van der Waals surface area contributed by atoms with Crippen LogP contribution >= 0.6 is 0 Å². The number of hydrogen-bond acceptors (Lipinski definition) is 4. The minimum Gasteiger partial charge on any atom is -0.343 e. The number of carbonyl (C=O) groups excluding carboxylic acids is 1. The molecule has 1 N–H and O–H groups in total. The third-order valence-electron chi connectivity index (χ3n) is 3.88. The van der Waals surface area contributed by atoms with E-state index >= 15 is 0 Å². The molecule has 110 valence electrons. The molecule has 0 spiro atoms. The molecule has 1 atom stereocenters. The van der Waals surface area contributed by atoms with Gasteiger partial charge in [0.25, 0.3) is 0 Å². The lowest BCUT2D eigenvalue weighted by Crippen LogP contribution is -2.28. The molecule has 0 bridgehead atoms. The van der Waals surface area contributed by atoms with Crippen LogP contribution in [0.1, 0.15) is 25.5 Å². The molecular formula is C15H19N5O. The maximum absolute atomic E-state index is 11.7. The molecule has 1 amide bonds. The quantitative estimate of drug-likeness (QED) is 0.927. The van der Waals surface area contributed by atoms with Crippen molar-refractivity contribution in [3.8, 4) is 11.5 Å². The smallest absolute Gasteiger partial charge is 0.222 e. The van der Waals surface area contributed by atoms with E-state index in [1.54, 1.807) is 18.6 Å². The minimum atomic E-state index is 0.247. The maximum Gasteiger partial charge on any atom is 0.222 e. The summed E-state index contributed by atoms with van der Waals surface area (Å²) in [5.74, 6) is 1.47. The summed E-state index contributed by atoms with van der Waals surface area (Å²) < 4.78 is 0. The Morgan fingerprint density at radius 3 is 2.95 bits per heavy atom. The zero-order valence-electron chi connectivity index (χ0n) is 12.1. The Hall–Kier alpha value is -2.24. The predicted molar refractivity (Wildman–Crippen MR) is 78.3 cm³/mol. The first-order valence-electron chi connectivity index (χ1n) is 7.34. The van der Waals surface area contributed by atoms with Crippen LogP contribution in [0.5, 0.6) is 0 Å². The molecule has 0 unspecified atom stereocenters. The number of amides is 1. The van der Waals surface area contributed by atoms with Crippen LogP contribution in [0.4, 0.5) is 0 Å². The molecule has 0 saturated carbocycles. The van der Waals surface area contributed by atoms with E-state index in [2.05, 4.69) is 19.9 Å². The van der Waals surface area contributed by atoms with Crippen molar-refractivity contribution >= 4 is 5.91 Å². The number of likely N-dealkylation sites (tertiary alicyclic amines) is 1. The van der Waals surface area contributed by atoms with Gasteiger partial charge in [-0.15, -0.1) is 0 Å². The predicted octanol–water partition coefficient (Wildman–Crippen LogP) is 1.67. The first-order chi connectivity index (χ1) is 10.3. The van der Waals surface area contributed by atoms with Gasteiger partial charge >= 0.3 is 0 Å². The van der Waals surface area contributed by atoms with Crippen LogP contribution in [0, 0.1) is 5.92 Å². The topological polar surface area (TPSA) is 74.8 Å². The van der Waals surface area contributed by atoms with Crippen molar-refractivity contribution in [3.05, 3.63) is 30.5 Å². The summed E-state index contributed by atoms with van der Waals surface area (Å²) in [4.78, 5) is 29.7. The molecule has 6 nitrogen and oxygen atoms in total. The summed E-state index contributed by atoms with van der Waals surface area (Å²) >= 11 is 0. The standard InChI is InChI=1S/C15H19N5O/c1-2-14(21)20-6-3-11(10-20)7-12-8-19-13(9-18-12)15-16-4-5-17-15/h4-5,8-9,11H,2-3,6-7,10H2,1H3,(H,16,17)/t11-/m1/s1. The maximum atomic E-state index is 11.7. The third-order valence-corrected chi connectivity index (χ3v) is 3.88. The molecular weight excluding hydrogens is 266 g/mol. The van der Waals surface area contributed by atoms with E-state index in [9.17, 15) is 4.79 Å². The van der Waals surface area contributed by atoms with Gasteiger partial charge < -0.3 is 9.88 Å². The number of aromatic nitrogens is 4. The minimum absolute atomic E-state index is 0.247. The lowest BCUT2D eigenvalue weighted by atomic mass is 10.0. The van der Waals surface area contributed by atoms with Gasteiger partial charge in [0.15, 0.2) is 5.82 Å². The van der Waals surface area contributed by atoms with Gasteiger partial charge in [0.1, 0.15) is 5.69 Å². The van der Waals surface area contributed by atoms with Crippen LogP contribution < -0.4 is 0 Å². The Kier molecular flexibility index (Phi) is 3.94. The first kappa shape index (κ1) is 13.7. The number of rotatable bonds is 4. The highest BCUT2D eigenvalue weighted by molar-refractivity contribution is 5.76. The number of nitrogens with zero attached hydrogens (tertiary/aromatic N) is 4. The van der Waals surface area contributed by atoms with E-state index in [1.165, 1.54) is 0 Å². The molecule has 1 fully saturated rings. The fraction of sp³-hybridized carbons (Fsp3) is 0.467. The molecule has 0 aliphatic carbocycles. The normalized spacial score (nSPS) is 18.1. The van der Waals surface area contributed by atoms with Crippen molar-refractivity contribution in [2.45, 2.75) is 26.2 Å². The van der Waals surface area contributed by atoms with Gasteiger partial charge in [0.05, 0.1) is 11.9 Å². The molecule has 1 saturated heterocycles. The number of carbonyl (C=O) groups is 1. The Bertz CT molecular complexity index is 593. The monoisotopic (exact) mass is 285 g/mol. The summed E-state index contributed by atoms with van der Waals surface area (Å²) in [5.41, 5.74) is 1.72. The molecule has 1 aliphatic heterocycles.